The van der Waals surface area contributed by atoms with Crippen molar-refractivity contribution in [1.29, 1.82) is 0 Å². The molecule has 0 aromatic heterocycles. The van der Waals surface area contributed by atoms with E-state index in [2.05, 4.69) is 20.7 Å². The summed E-state index contributed by atoms with van der Waals surface area (Å²) in [5.74, 6) is -0.0468. The Balaban J connectivity index is 1.56. The summed E-state index contributed by atoms with van der Waals surface area (Å²) in [5, 5.41) is 0. The van der Waals surface area contributed by atoms with Crippen molar-refractivity contribution in [3.05, 3.63) is 94.0 Å². The van der Waals surface area contributed by atoms with E-state index in [1.54, 1.807) is 29.2 Å². The molecule has 5 nitrogen and oxygen atoms in total. The summed E-state index contributed by atoms with van der Waals surface area (Å²) >= 11 is 3.31. The summed E-state index contributed by atoms with van der Waals surface area (Å²) in [4.78, 5) is 15.1. The number of fused-ring (bicyclic) bond motifs is 1. The minimum atomic E-state index is -3.62. The van der Waals surface area contributed by atoms with E-state index in [1.807, 2.05) is 55.5 Å². The SMILES string of the molecule is CC1Cc2ccc(CNS(=O)(=O)c3ccc(Br)cc3)cc2N1C(=O)c1ccccc1. The van der Waals surface area contributed by atoms with Crippen LogP contribution in [0.4, 0.5) is 5.69 Å². The molecule has 1 unspecified atom stereocenters. The van der Waals surface area contributed by atoms with E-state index >= 15 is 0 Å². The van der Waals surface area contributed by atoms with Crippen molar-refractivity contribution in [3.63, 3.8) is 0 Å². The number of anilines is 1. The molecule has 0 fully saturated rings. The number of amides is 1. The maximum absolute atomic E-state index is 13.1. The summed E-state index contributed by atoms with van der Waals surface area (Å²) in [6, 6.07) is 21.5. The van der Waals surface area contributed by atoms with Crippen LogP contribution in [0.25, 0.3) is 0 Å². The van der Waals surface area contributed by atoms with Crippen LogP contribution in [0.5, 0.6) is 0 Å². The van der Waals surface area contributed by atoms with Gasteiger partial charge in [0, 0.05) is 28.3 Å². The Labute approximate surface area is 184 Å². The molecule has 3 aromatic carbocycles. The van der Waals surface area contributed by atoms with E-state index in [9.17, 15) is 13.2 Å². The van der Waals surface area contributed by atoms with E-state index in [0.29, 0.717) is 5.56 Å². The van der Waals surface area contributed by atoms with Gasteiger partial charge in [0.1, 0.15) is 0 Å². The van der Waals surface area contributed by atoms with Gasteiger partial charge in [0.25, 0.3) is 5.91 Å². The van der Waals surface area contributed by atoms with Crippen molar-refractivity contribution in [3.8, 4) is 0 Å². The molecule has 1 heterocycles. The number of nitrogens with one attached hydrogen (secondary N) is 1. The van der Waals surface area contributed by atoms with E-state index in [0.717, 1.165) is 27.7 Å². The Hall–Kier alpha value is -2.48. The third-order valence-corrected chi connectivity index (χ3v) is 7.14. The lowest BCUT2D eigenvalue weighted by Gasteiger charge is -2.23. The predicted molar refractivity (Wildman–Crippen MR) is 121 cm³/mol. The van der Waals surface area contributed by atoms with Crippen LogP contribution in [0.3, 0.4) is 0 Å². The number of hydrogen-bond acceptors (Lipinski definition) is 3. The average Bonchev–Trinajstić information content (AvgIpc) is 3.07. The van der Waals surface area contributed by atoms with Crippen LogP contribution in [0.15, 0.2) is 82.2 Å². The zero-order valence-electron chi connectivity index (χ0n) is 16.4. The highest BCUT2D eigenvalue weighted by Gasteiger charge is 2.31. The van der Waals surface area contributed by atoms with Crippen molar-refractivity contribution in [2.75, 3.05) is 4.90 Å². The first-order valence-electron chi connectivity index (χ1n) is 9.61. The molecule has 1 atom stereocenters. The summed E-state index contributed by atoms with van der Waals surface area (Å²) in [6.07, 6.45) is 0.777. The molecule has 154 valence electrons. The first-order valence-corrected chi connectivity index (χ1v) is 11.9. The lowest BCUT2D eigenvalue weighted by Crippen LogP contribution is -2.35. The largest absolute Gasteiger partial charge is 0.305 e. The topological polar surface area (TPSA) is 66.5 Å². The number of hydrogen-bond donors (Lipinski definition) is 1. The van der Waals surface area contributed by atoms with Crippen LogP contribution < -0.4 is 9.62 Å². The smallest absolute Gasteiger partial charge is 0.258 e. The number of carbonyl (C=O) groups excluding carboxylic acids is 1. The first-order chi connectivity index (χ1) is 14.3. The number of nitrogens with zero attached hydrogens (tertiary/aromatic N) is 1. The van der Waals surface area contributed by atoms with Crippen molar-refractivity contribution >= 4 is 37.5 Å². The molecule has 0 bridgehead atoms. The number of benzene rings is 3. The lowest BCUT2D eigenvalue weighted by molar-refractivity contribution is 0.0981. The molecule has 1 amide bonds. The van der Waals surface area contributed by atoms with Gasteiger partial charge < -0.3 is 4.90 Å². The van der Waals surface area contributed by atoms with Crippen molar-refractivity contribution < 1.29 is 13.2 Å². The molecular formula is C23H21BrN2O3S. The lowest BCUT2D eigenvalue weighted by atomic mass is 10.1. The Morgan fingerprint density at radius 3 is 2.47 bits per heavy atom. The van der Waals surface area contributed by atoms with Gasteiger partial charge in [-0.05, 0) is 66.9 Å². The Bertz CT molecular complexity index is 1180. The molecular weight excluding hydrogens is 464 g/mol. The van der Waals surface area contributed by atoms with Gasteiger partial charge >= 0.3 is 0 Å². The third kappa shape index (κ3) is 4.19. The molecule has 3 aromatic rings. The van der Waals surface area contributed by atoms with Gasteiger partial charge in [-0.1, -0.05) is 46.3 Å². The minimum Gasteiger partial charge on any atom is -0.305 e. The number of rotatable bonds is 5. The fourth-order valence-electron chi connectivity index (χ4n) is 3.67. The fraction of sp³-hybridized carbons (Fsp3) is 0.174. The molecule has 4 rings (SSSR count). The van der Waals surface area contributed by atoms with Gasteiger partial charge in [0.2, 0.25) is 10.0 Å². The zero-order chi connectivity index (χ0) is 21.3. The highest BCUT2D eigenvalue weighted by Crippen LogP contribution is 2.34. The molecule has 30 heavy (non-hydrogen) atoms. The Morgan fingerprint density at radius 2 is 1.77 bits per heavy atom. The molecule has 7 heteroatoms. The molecule has 0 radical (unpaired) electrons. The summed E-state index contributed by atoms with van der Waals surface area (Å²) in [6.45, 7) is 2.17. The Kier molecular flexibility index (Phi) is 5.77. The van der Waals surface area contributed by atoms with Crippen molar-refractivity contribution in [1.82, 2.24) is 4.72 Å². The maximum Gasteiger partial charge on any atom is 0.258 e. The summed E-state index contributed by atoms with van der Waals surface area (Å²) in [5.41, 5.74) is 3.37. The molecule has 1 N–H and O–H groups in total. The molecule has 1 aliphatic rings. The quantitative estimate of drug-likeness (QED) is 0.578. The average molecular weight is 485 g/mol. The zero-order valence-corrected chi connectivity index (χ0v) is 18.8. The van der Waals surface area contributed by atoms with Crippen LogP contribution in [-0.4, -0.2) is 20.4 Å². The number of halogens is 1. The van der Waals surface area contributed by atoms with Gasteiger partial charge in [-0.15, -0.1) is 0 Å². The van der Waals surface area contributed by atoms with E-state index < -0.39 is 10.0 Å². The minimum absolute atomic E-state index is 0.0439. The molecule has 0 aliphatic carbocycles. The standard InChI is InChI=1S/C23H21BrN2O3S/c1-16-13-19-8-7-17(15-25-30(28,29)21-11-9-20(24)10-12-21)14-22(19)26(16)23(27)18-5-3-2-4-6-18/h2-12,14,16,25H,13,15H2,1H3. The number of sulfonamides is 1. The first kappa shape index (κ1) is 20.8. The van der Waals surface area contributed by atoms with E-state index in [-0.39, 0.29) is 23.4 Å². The van der Waals surface area contributed by atoms with Gasteiger partial charge in [-0.25, -0.2) is 13.1 Å². The molecule has 0 spiro atoms. The highest BCUT2D eigenvalue weighted by atomic mass is 79.9. The fourth-order valence-corrected chi connectivity index (χ4v) is 4.95. The normalized spacial score (nSPS) is 15.8. The van der Waals surface area contributed by atoms with Gasteiger partial charge in [-0.3, -0.25) is 4.79 Å². The monoisotopic (exact) mass is 484 g/mol. The van der Waals surface area contributed by atoms with Crippen LogP contribution in [0, 0.1) is 0 Å². The predicted octanol–water partition coefficient (Wildman–Crippen LogP) is 4.52. The molecule has 0 saturated carbocycles. The maximum atomic E-state index is 13.1. The van der Waals surface area contributed by atoms with Crippen LogP contribution in [-0.2, 0) is 23.0 Å². The van der Waals surface area contributed by atoms with Gasteiger partial charge in [-0.2, -0.15) is 0 Å². The number of carbonyl (C=O) groups is 1. The van der Waals surface area contributed by atoms with E-state index in [1.165, 1.54) is 0 Å². The van der Waals surface area contributed by atoms with Crippen molar-refractivity contribution in [2.24, 2.45) is 0 Å². The van der Waals surface area contributed by atoms with Gasteiger partial charge in [0.15, 0.2) is 0 Å². The van der Waals surface area contributed by atoms with E-state index in [4.69, 9.17) is 0 Å². The molecule has 1 aliphatic heterocycles. The van der Waals surface area contributed by atoms with Crippen LogP contribution in [0.2, 0.25) is 0 Å². The van der Waals surface area contributed by atoms with Crippen molar-refractivity contribution in [2.45, 2.75) is 30.8 Å². The second-order valence-electron chi connectivity index (χ2n) is 7.34. The summed E-state index contributed by atoms with van der Waals surface area (Å²) < 4.78 is 28.6. The van der Waals surface area contributed by atoms with Crippen LogP contribution in [0.1, 0.15) is 28.4 Å². The Morgan fingerprint density at radius 1 is 1.07 bits per heavy atom. The highest BCUT2D eigenvalue weighted by molar-refractivity contribution is 9.10. The van der Waals surface area contributed by atoms with Gasteiger partial charge in [0.05, 0.1) is 4.90 Å². The third-order valence-electron chi connectivity index (χ3n) is 5.20. The van der Waals surface area contributed by atoms with Crippen LogP contribution >= 0.6 is 15.9 Å². The molecule has 0 saturated heterocycles. The summed E-state index contributed by atoms with van der Waals surface area (Å²) in [7, 11) is -3.62. The second-order valence-corrected chi connectivity index (χ2v) is 10.0. The second kappa shape index (κ2) is 8.34.